The van der Waals surface area contributed by atoms with E-state index >= 15 is 0 Å². The van der Waals surface area contributed by atoms with Gasteiger partial charge in [-0.25, -0.2) is 4.79 Å². The Bertz CT molecular complexity index is 524. The van der Waals surface area contributed by atoms with Crippen LogP contribution in [-0.2, 0) is 16.0 Å². The van der Waals surface area contributed by atoms with Crippen LogP contribution in [0.15, 0.2) is 24.3 Å². The Labute approximate surface area is 117 Å². The van der Waals surface area contributed by atoms with Gasteiger partial charge in [-0.05, 0) is 43.4 Å². The summed E-state index contributed by atoms with van der Waals surface area (Å²) < 4.78 is 5.10. The molecule has 1 fully saturated rings. The van der Waals surface area contributed by atoms with Crippen LogP contribution < -0.4 is 10.1 Å². The van der Waals surface area contributed by atoms with Crippen LogP contribution in [0.5, 0.6) is 5.75 Å². The molecule has 108 valence electrons. The molecule has 20 heavy (non-hydrogen) atoms. The fourth-order valence-corrected chi connectivity index (χ4v) is 2.29. The molecule has 1 aromatic carbocycles. The summed E-state index contributed by atoms with van der Waals surface area (Å²) >= 11 is 0. The van der Waals surface area contributed by atoms with Gasteiger partial charge in [-0.3, -0.25) is 4.79 Å². The van der Waals surface area contributed by atoms with Gasteiger partial charge in [0, 0.05) is 0 Å². The molecule has 5 heteroatoms. The number of hydrogen-bond acceptors (Lipinski definition) is 3. The predicted octanol–water partition coefficient (Wildman–Crippen LogP) is 1.61. The molecule has 1 saturated carbocycles. The van der Waals surface area contributed by atoms with Gasteiger partial charge in [0.2, 0.25) is 5.91 Å². The maximum atomic E-state index is 12.0. The maximum Gasteiger partial charge on any atom is 0.329 e. The van der Waals surface area contributed by atoms with Crippen LogP contribution in [0.4, 0.5) is 0 Å². The van der Waals surface area contributed by atoms with Crippen molar-refractivity contribution in [2.45, 2.75) is 31.7 Å². The van der Waals surface area contributed by atoms with Crippen molar-refractivity contribution in [3.63, 3.8) is 0 Å². The first-order chi connectivity index (χ1) is 9.45. The van der Waals surface area contributed by atoms with Gasteiger partial charge in [-0.2, -0.15) is 0 Å². The number of hydrogen-bond donors (Lipinski definition) is 2. The summed E-state index contributed by atoms with van der Waals surface area (Å²) in [7, 11) is 1.56. The van der Waals surface area contributed by atoms with Crippen LogP contribution in [0, 0.1) is 5.92 Å². The lowest BCUT2D eigenvalue weighted by Crippen LogP contribution is -2.54. The Morgan fingerprint density at radius 1 is 1.45 bits per heavy atom. The van der Waals surface area contributed by atoms with Gasteiger partial charge in [0.25, 0.3) is 0 Å². The highest BCUT2D eigenvalue weighted by Crippen LogP contribution is 2.39. The van der Waals surface area contributed by atoms with Crippen molar-refractivity contribution in [2.24, 2.45) is 5.92 Å². The molecule has 0 aliphatic heterocycles. The zero-order valence-electron chi connectivity index (χ0n) is 11.7. The van der Waals surface area contributed by atoms with Crippen molar-refractivity contribution in [1.29, 1.82) is 0 Å². The molecule has 0 aromatic heterocycles. The molecule has 1 unspecified atom stereocenters. The molecular formula is C15H19NO4. The lowest BCUT2D eigenvalue weighted by atomic mass is 9.95. The van der Waals surface area contributed by atoms with E-state index in [-0.39, 0.29) is 18.2 Å². The van der Waals surface area contributed by atoms with Gasteiger partial charge in [0.05, 0.1) is 13.5 Å². The minimum Gasteiger partial charge on any atom is -0.497 e. The van der Waals surface area contributed by atoms with E-state index in [1.165, 1.54) is 0 Å². The van der Waals surface area contributed by atoms with Crippen LogP contribution >= 0.6 is 0 Å². The molecule has 1 aromatic rings. The summed E-state index contributed by atoms with van der Waals surface area (Å²) in [5.41, 5.74) is -0.360. The minimum absolute atomic E-state index is 0.0364. The highest BCUT2D eigenvalue weighted by molar-refractivity contribution is 5.88. The first-order valence-electron chi connectivity index (χ1n) is 6.63. The first-order valence-corrected chi connectivity index (χ1v) is 6.63. The second-order valence-corrected chi connectivity index (χ2v) is 5.36. The summed E-state index contributed by atoms with van der Waals surface area (Å²) in [5.74, 6) is -0.540. The lowest BCUT2D eigenvalue weighted by Gasteiger charge is -2.26. The van der Waals surface area contributed by atoms with Crippen LogP contribution in [0.3, 0.4) is 0 Å². The van der Waals surface area contributed by atoms with Crippen LogP contribution in [0.1, 0.15) is 25.3 Å². The van der Waals surface area contributed by atoms with Crippen LogP contribution in [-0.4, -0.2) is 29.6 Å². The van der Waals surface area contributed by atoms with E-state index in [1.54, 1.807) is 32.2 Å². The second kappa shape index (κ2) is 5.53. The smallest absolute Gasteiger partial charge is 0.329 e. The average molecular weight is 277 g/mol. The van der Waals surface area contributed by atoms with E-state index in [0.717, 1.165) is 18.4 Å². The summed E-state index contributed by atoms with van der Waals surface area (Å²) in [4.78, 5) is 23.4. The summed E-state index contributed by atoms with van der Waals surface area (Å²) in [6.07, 6.45) is 1.84. The van der Waals surface area contributed by atoms with E-state index < -0.39 is 11.5 Å². The number of ether oxygens (including phenoxy) is 1. The van der Waals surface area contributed by atoms with Crippen molar-refractivity contribution in [1.82, 2.24) is 5.32 Å². The van der Waals surface area contributed by atoms with Crippen molar-refractivity contribution in [3.05, 3.63) is 29.8 Å². The zero-order valence-corrected chi connectivity index (χ0v) is 11.7. The number of carboxylic acid groups (broad SMARTS) is 1. The third-order valence-corrected chi connectivity index (χ3v) is 3.74. The molecule has 2 rings (SSSR count). The first kappa shape index (κ1) is 14.4. The summed E-state index contributed by atoms with van der Waals surface area (Å²) in [5, 5.41) is 12.0. The molecule has 0 spiro atoms. The Morgan fingerprint density at radius 3 is 2.70 bits per heavy atom. The molecule has 1 amide bonds. The van der Waals surface area contributed by atoms with Gasteiger partial charge < -0.3 is 15.2 Å². The van der Waals surface area contributed by atoms with E-state index in [9.17, 15) is 14.7 Å². The maximum absolute atomic E-state index is 12.0. The van der Waals surface area contributed by atoms with Gasteiger partial charge in [-0.1, -0.05) is 12.1 Å². The number of amides is 1. The molecule has 0 heterocycles. The van der Waals surface area contributed by atoms with Crippen molar-refractivity contribution < 1.29 is 19.4 Å². The number of benzene rings is 1. The number of carboxylic acids is 1. The number of nitrogens with one attached hydrogen (secondary N) is 1. The number of carbonyl (C=O) groups excluding carboxylic acids is 1. The minimum atomic E-state index is -1.16. The summed E-state index contributed by atoms with van der Waals surface area (Å²) in [6.45, 7) is 1.58. The third-order valence-electron chi connectivity index (χ3n) is 3.74. The molecule has 1 atom stereocenters. The predicted molar refractivity (Wildman–Crippen MR) is 73.6 cm³/mol. The van der Waals surface area contributed by atoms with E-state index in [2.05, 4.69) is 5.32 Å². The van der Waals surface area contributed by atoms with E-state index in [0.29, 0.717) is 5.75 Å². The lowest BCUT2D eigenvalue weighted by molar-refractivity contribution is -0.147. The summed E-state index contributed by atoms with van der Waals surface area (Å²) in [6, 6.07) is 7.19. The Kier molecular flexibility index (Phi) is 3.97. The van der Waals surface area contributed by atoms with Crippen LogP contribution in [0.2, 0.25) is 0 Å². The molecule has 5 nitrogen and oxygen atoms in total. The van der Waals surface area contributed by atoms with Gasteiger partial charge in [0.15, 0.2) is 0 Å². The Hall–Kier alpha value is -2.04. The van der Waals surface area contributed by atoms with Gasteiger partial charge >= 0.3 is 5.97 Å². The Morgan fingerprint density at radius 2 is 2.15 bits per heavy atom. The van der Waals surface area contributed by atoms with Crippen molar-refractivity contribution in [3.8, 4) is 5.75 Å². The Balaban J connectivity index is 2.02. The van der Waals surface area contributed by atoms with Crippen molar-refractivity contribution in [2.75, 3.05) is 7.11 Å². The number of aliphatic carboxylic acids is 1. The number of carbonyl (C=O) groups is 2. The molecule has 0 bridgehead atoms. The highest BCUT2D eigenvalue weighted by Gasteiger charge is 2.48. The standard InChI is InChI=1S/C15H19NO4/c1-15(14(18)19,11-6-7-11)16-13(17)9-10-4-3-5-12(8-10)20-2/h3-5,8,11H,6-7,9H2,1-2H3,(H,16,17)(H,18,19). The fraction of sp³-hybridized carbons (Fsp3) is 0.467. The number of methoxy groups -OCH3 is 1. The fourth-order valence-electron chi connectivity index (χ4n) is 2.29. The normalized spacial score (nSPS) is 17.1. The topological polar surface area (TPSA) is 75.6 Å². The highest BCUT2D eigenvalue weighted by atomic mass is 16.5. The SMILES string of the molecule is COc1cccc(CC(=O)NC(C)(C(=O)O)C2CC2)c1. The number of rotatable bonds is 6. The zero-order chi connectivity index (χ0) is 14.8. The quantitative estimate of drug-likeness (QED) is 0.828. The molecule has 0 saturated heterocycles. The van der Waals surface area contributed by atoms with Gasteiger partial charge in [-0.15, -0.1) is 0 Å². The second-order valence-electron chi connectivity index (χ2n) is 5.36. The third kappa shape index (κ3) is 3.10. The molecule has 2 N–H and O–H groups in total. The van der Waals surface area contributed by atoms with E-state index in [1.807, 2.05) is 6.07 Å². The average Bonchev–Trinajstić information content (AvgIpc) is 3.23. The molecule has 1 aliphatic rings. The monoisotopic (exact) mass is 277 g/mol. The van der Waals surface area contributed by atoms with Gasteiger partial charge in [0.1, 0.15) is 11.3 Å². The molecule has 0 radical (unpaired) electrons. The largest absolute Gasteiger partial charge is 0.497 e. The van der Waals surface area contributed by atoms with Crippen LogP contribution in [0.25, 0.3) is 0 Å². The molecular weight excluding hydrogens is 258 g/mol. The molecule has 1 aliphatic carbocycles. The van der Waals surface area contributed by atoms with Crippen molar-refractivity contribution >= 4 is 11.9 Å². The van der Waals surface area contributed by atoms with E-state index in [4.69, 9.17) is 4.74 Å².